The van der Waals surface area contributed by atoms with Gasteiger partial charge in [0.2, 0.25) is 0 Å². The smallest absolute Gasteiger partial charge is 0.100 e. The Bertz CT molecular complexity index is 587. The van der Waals surface area contributed by atoms with Gasteiger partial charge < -0.3 is 0 Å². The Labute approximate surface area is 114 Å². The molecule has 0 aliphatic carbocycles. The van der Waals surface area contributed by atoms with E-state index in [0.29, 0.717) is 0 Å². The van der Waals surface area contributed by atoms with Gasteiger partial charge in [0.25, 0.3) is 0 Å². The van der Waals surface area contributed by atoms with Gasteiger partial charge in [-0.1, -0.05) is 39.8 Å². The molecule has 1 nitrogen and oxygen atoms in total. The standard InChI is InChI=1S/C14H10BrNS/c1-10-5-6-11(9-16)14(7-10)17-13-4-2-3-12(15)8-13/h2-8H,1H3. The molecule has 0 spiro atoms. The van der Waals surface area contributed by atoms with Crippen LogP contribution < -0.4 is 0 Å². The zero-order valence-corrected chi connectivity index (χ0v) is 11.7. The third kappa shape index (κ3) is 3.12. The Morgan fingerprint density at radius 2 is 2.00 bits per heavy atom. The van der Waals surface area contributed by atoms with E-state index in [1.165, 1.54) is 5.56 Å². The van der Waals surface area contributed by atoms with Crippen molar-refractivity contribution in [2.45, 2.75) is 16.7 Å². The number of rotatable bonds is 2. The van der Waals surface area contributed by atoms with E-state index in [0.717, 1.165) is 19.8 Å². The van der Waals surface area contributed by atoms with E-state index in [9.17, 15) is 0 Å². The van der Waals surface area contributed by atoms with Crippen molar-refractivity contribution in [2.24, 2.45) is 0 Å². The van der Waals surface area contributed by atoms with E-state index in [-0.39, 0.29) is 0 Å². The molecule has 0 bridgehead atoms. The largest absolute Gasteiger partial charge is 0.192 e. The van der Waals surface area contributed by atoms with Crippen LogP contribution in [0.4, 0.5) is 0 Å². The zero-order chi connectivity index (χ0) is 12.3. The predicted molar refractivity (Wildman–Crippen MR) is 74.2 cm³/mol. The van der Waals surface area contributed by atoms with Gasteiger partial charge in [-0.25, -0.2) is 0 Å². The first kappa shape index (κ1) is 12.2. The number of hydrogen-bond donors (Lipinski definition) is 0. The van der Waals surface area contributed by atoms with Crippen LogP contribution in [-0.2, 0) is 0 Å². The van der Waals surface area contributed by atoms with Crippen molar-refractivity contribution in [2.75, 3.05) is 0 Å². The normalized spacial score (nSPS) is 9.94. The lowest BCUT2D eigenvalue weighted by Gasteiger charge is -2.05. The highest BCUT2D eigenvalue weighted by Gasteiger charge is 2.04. The van der Waals surface area contributed by atoms with Crippen LogP contribution in [0, 0.1) is 18.3 Å². The number of aryl methyl sites for hydroxylation is 1. The van der Waals surface area contributed by atoms with Crippen LogP contribution in [0.2, 0.25) is 0 Å². The van der Waals surface area contributed by atoms with Crippen LogP contribution in [-0.4, -0.2) is 0 Å². The molecule has 0 aromatic heterocycles. The lowest BCUT2D eigenvalue weighted by molar-refractivity contribution is 1.30. The maximum atomic E-state index is 9.07. The van der Waals surface area contributed by atoms with Crippen LogP contribution in [0.5, 0.6) is 0 Å². The van der Waals surface area contributed by atoms with Crippen molar-refractivity contribution in [1.82, 2.24) is 0 Å². The minimum absolute atomic E-state index is 0.723. The predicted octanol–water partition coefficient (Wildman–Crippen LogP) is 4.78. The summed E-state index contributed by atoms with van der Waals surface area (Å²) in [6, 6.07) is 16.2. The summed E-state index contributed by atoms with van der Waals surface area (Å²) in [5.74, 6) is 0. The molecule has 0 unspecified atom stereocenters. The van der Waals surface area contributed by atoms with Crippen LogP contribution >= 0.6 is 27.7 Å². The molecule has 2 aromatic rings. The molecule has 0 radical (unpaired) electrons. The monoisotopic (exact) mass is 303 g/mol. The minimum Gasteiger partial charge on any atom is -0.192 e. The van der Waals surface area contributed by atoms with E-state index in [1.54, 1.807) is 11.8 Å². The van der Waals surface area contributed by atoms with Crippen molar-refractivity contribution < 1.29 is 0 Å². The van der Waals surface area contributed by atoms with Gasteiger partial charge in [-0.05, 0) is 42.8 Å². The van der Waals surface area contributed by atoms with Gasteiger partial charge in [-0.2, -0.15) is 5.26 Å². The van der Waals surface area contributed by atoms with Gasteiger partial charge in [0.15, 0.2) is 0 Å². The lowest BCUT2D eigenvalue weighted by Crippen LogP contribution is -1.83. The topological polar surface area (TPSA) is 23.8 Å². The average Bonchev–Trinajstić information content (AvgIpc) is 2.29. The van der Waals surface area contributed by atoms with E-state index < -0.39 is 0 Å². The maximum absolute atomic E-state index is 9.07. The summed E-state index contributed by atoms with van der Waals surface area (Å²) in [4.78, 5) is 2.13. The molecule has 0 fully saturated rings. The molecule has 0 saturated carbocycles. The maximum Gasteiger partial charge on any atom is 0.100 e. The van der Waals surface area contributed by atoms with Crippen molar-refractivity contribution >= 4 is 27.7 Å². The second-order valence-corrected chi connectivity index (χ2v) is 5.70. The second-order valence-electron chi connectivity index (χ2n) is 3.67. The quantitative estimate of drug-likeness (QED) is 0.797. The highest BCUT2D eigenvalue weighted by atomic mass is 79.9. The zero-order valence-electron chi connectivity index (χ0n) is 9.27. The minimum atomic E-state index is 0.723. The second kappa shape index (κ2) is 5.39. The molecule has 2 rings (SSSR count). The molecule has 0 aliphatic heterocycles. The third-order valence-electron chi connectivity index (χ3n) is 2.28. The number of halogens is 1. The first-order chi connectivity index (χ1) is 8.19. The van der Waals surface area contributed by atoms with Crippen LogP contribution in [0.3, 0.4) is 0 Å². The summed E-state index contributed by atoms with van der Waals surface area (Å²) < 4.78 is 1.05. The molecule has 2 aromatic carbocycles. The van der Waals surface area contributed by atoms with Gasteiger partial charge >= 0.3 is 0 Å². The van der Waals surface area contributed by atoms with Crippen molar-refractivity contribution in [3.05, 3.63) is 58.1 Å². The van der Waals surface area contributed by atoms with Crippen molar-refractivity contribution in [1.29, 1.82) is 5.26 Å². The molecule has 0 heterocycles. The molecule has 3 heteroatoms. The first-order valence-corrected chi connectivity index (χ1v) is 6.74. The molecular weight excluding hydrogens is 294 g/mol. The molecule has 17 heavy (non-hydrogen) atoms. The lowest BCUT2D eigenvalue weighted by atomic mass is 10.2. The summed E-state index contributed by atoms with van der Waals surface area (Å²) in [5.41, 5.74) is 1.89. The number of nitrogens with zero attached hydrogens (tertiary/aromatic N) is 1. The SMILES string of the molecule is Cc1ccc(C#N)c(Sc2cccc(Br)c2)c1. The molecule has 84 valence electrons. The highest BCUT2D eigenvalue weighted by molar-refractivity contribution is 9.10. The van der Waals surface area contributed by atoms with E-state index in [1.807, 2.05) is 49.4 Å². The summed E-state index contributed by atoms with van der Waals surface area (Å²) in [5, 5.41) is 9.07. The summed E-state index contributed by atoms with van der Waals surface area (Å²) >= 11 is 5.06. The van der Waals surface area contributed by atoms with Gasteiger partial charge in [0.05, 0.1) is 5.56 Å². The number of hydrogen-bond acceptors (Lipinski definition) is 2. The fraction of sp³-hybridized carbons (Fsp3) is 0.0714. The fourth-order valence-electron chi connectivity index (χ4n) is 1.46. The fourth-order valence-corrected chi connectivity index (χ4v) is 3.07. The van der Waals surface area contributed by atoms with E-state index >= 15 is 0 Å². The van der Waals surface area contributed by atoms with E-state index in [4.69, 9.17) is 5.26 Å². The average molecular weight is 304 g/mol. The summed E-state index contributed by atoms with van der Waals surface area (Å²) in [7, 11) is 0. The molecule has 0 aliphatic rings. The van der Waals surface area contributed by atoms with E-state index in [2.05, 4.69) is 22.0 Å². The molecule has 0 atom stereocenters. The summed E-state index contributed by atoms with van der Waals surface area (Å²) in [6.45, 7) is 2.03. The Morgan fingerprint density at radius 3 is 2.71 bits per heavy atom. The van der Waals surface area contributed by atoms with Crippen molar-refractivity contribution in [3.63, 3.8) is 0 Å². The van der Waals surface area contributed by atoms with Gasteiger partial charge in [0, 0.05) is 14.3 Å². The third-order valence-corrected chi connectivity index (χ3v) is 3.82. The number of nitriles is 1. The first-order valence-electron chi connectivity index (χ1n) is 5.13. The molecule has 0 saturated heterocycles. The number of benzene rings is 2. The van der Waals surface area contributed by atoms with Crippen LogP contribution in [0.1, 0.15) is 11.1 Å². The Morgan fingerprint density at radius 1 is 1.18 bits per heavy atom. The molecule has 0 amide bonds. The summed E-state index contributed by atoms with van der Waals surface area (Å²) in [6.07, 6.45) is 0. The molecular formula is C14H10BrNS. The Balaban J connectivity index is 2.36. The molecule has 0 N–H and O–H groups in total. The van der Waals surface area contributed by atoms with Crippen LogP contribution in [0.25, 0.3) is 0 Å². The van der Waals surface area contributed by atoms with Gasteiger partial charge in [0.1, 0.15) is 6.07 Å². The van der Waals surface area contributed by atoms with Crippen molar-refractivity contribution in [3.8, 4) is 6.07 Å². The van der Waals surface area contributed by atoms with Gasteiger partial charge in [-0.15, -0.1) is 0 Å². The highest BCUT2D eigenvalue weighted by Crippen LogP contribution is 2.32. The van der Waals surface area contributed by atoms with Gasteiger partial charge in [-0.3, -0.25) is 0 Å². The van der Waals surface area contributed by atoms with Crippen LogP contribution in [0.15, 0.2) is 56.7 Å². The Hall–Kier alpha value is -1.24. The Kier molecular flexibility index (Phi) is 3.88.